The first-order valence-corrected chi connectivity index (χ1v) is 7.01. The predicted octanol–water partition coefficient (Wildman–Crippen LogP) is -1.19. The SMILES string of the molecule is CO[C@H](C)[C@@H](C(=O)N1CCOCC1)N1CC[C@H](N)C1=O. The molecule has 0 aromatic heterocycles. The number of rotatable bonds is 4. The number of hydrogen-bond acceptors (Lipinski definition) is 5. The van der Waals surface area contributed by atoms with Crippen molar-refractivity contribution in [3.63, 3.8) is 0 Å². The molecule has 20 heavy (non-hydrogen) atoms. The van der Waals surface area contributed by atoms with Crippen LogP contribution in [0.15, 0.2) is 0 Å². The molecule has 2 fully saturated rings. The molecule has 0 unspecified atom stereocenters. The number of nitrogens with zero attached hydrogens (tertiary/aromatic N) is 2. The minimum atomic E-state index is -0.598. The number of nitrogens with two attached hydrogens (primary N) is 1. The summed E-state index contributed by atoms with van der Waals surface area (Å²) in [6, 6.07) is -1.10. The standard InChI is InChI=1S/C13H23N3O4/c1-9(19-2)11(16-4-3-10(14)12(16)17)13(18)15-5-7-20-8-6-15/h9-11H,3-8,14H2,1-2H3/t9-,10+,11+/m1/s1. The van der Waals surface area contributed by atoms with Gasteiger partial charge in [0.1, 0.15) is 6.04 Å². The zero-order valence-electron chi connectivity index (χ0n) is 12.1. The molecule has 7 heteroatoms. The third kappa shape index (κ3) is 2.94. The van der Waals surface area contributed by atoms with Crippen LogP contribution >= 0.6 is 0 Å². The van der Waals surface area contributed by atoms with Crippen LogP contribution in [0.2, 0.25) is 0 Å². The summed E-state index contributed by atoms with van der Waals surface area (Å²) in [7, 11) is 1.55. The third-order valence-corrected chi connectivity index (χ3v) is 4.01. The summed E-state index contributed by atoms with van der Waals surface area (Å²) < 4.78 is 10.6. The van der Waals surface area contributed by atoms with Gasteiger partial charge >= 0.3 is 0 Å². The summed E-state index contributed by atoms with van der Waals surface area (Å²) in [6.45, 7) is 4.49. The van der Waals surface area contributed by atoms with E-state index in [-0.39, 0.29) is 17.9 Å². The Kier molecular flexibility index (Phi) is 4.95. The molecule has 2 amide bonds. The number of carbonyl (C=O) groups is 2. The van der Waals surface area contributed by atoms with Gasteiger partial charge in [-0.1, -0.05) is 0 Å². The van der Waals surface area contributed by atoms with E-state index in [0.29, 0.717) is 39.3 Å². The van der Waals surface area contributed by atoms with Crippen molar-refractivity contribution in [1.29, 1.82) is 0 Å². The Morgan fingerprint density at radius 2 is 2.05 bits per heavy atom. The van der Waals surface area contributed by atoms with Crippen LogP contribution in [0.3, 0.4) is 0 Å². The Bertz CT molecular complexity index is 371. The number of methoxy groups -OCH3 is 1. The summed E-state index contributed by atoms with van der Waals surface area (Å²) in [6.07, 6.45) is 0.224. The summed E-state index contributed by atoms with van der Waals surface area (Å²) in [5.74, 6) is -0.245. The molecule has 0 saturated carbocycles. The zero-order chi connectivity index (χ0) is 14.7. The molecule has 0 bridgehead atoms. The van der Waals surface area contributed by atoms with Crippen molar-refractivity contribution < 1.29 is 19.1 Å². The molecule has 7 nitrogen and oxygen atoms in total. The minimum Gasteiger partial charge on any atom is -0.379 e. The van der Waals surface area contributed by atoms with Crippen molar-refractivity contribution in [1.82, 2.24) is 9.80 Å². The van der Waals surface area contributed by atoms with Crippen LogP contribution in [0.4, 0.5) is 0 Å². The summed E-state index contributed by atoms with van der Waals surface area (Å²) in [5.41, 5.74) is 5.75. The fraction of sp³-hybridized carbons (Fsp3) is 0.846. The van der Waals surface area contributed by atoms with Crippen molar-refractivity contribution in [2.24, 2.45) is 5.73 Å². The van der Waals surface area contributed by atoms with Gasteiger partial charge in [0.2, 0.25) is 11.8 Å². The van der Waals surface area contributed by atoms with Gasteiger partial charge in [0, 0.05) is 26.7 Å². The van der Waals surface area contributed by atoms with E-state index in [9.17, 15) is 9.59 Å². The van der Waals surface area contributed by atoms with Crippen molar-refractivity contribution in [2.75, 3.05) is 40.0 Å². The molecule has 0 radical (unpaired) electrons. The van der Waals surface area contributed by atoms with E-state index in [4.69, 9.17) is 15.2 Å². The highest BCUT2D eigenvalue weighted by atomic mass is 16.5. The monoisotopic (exact) mass is 285 g/mol. The Morgan fingerprint density at radius 1 is 1.40 bits per heavy atom. The lowest BCUT2D eigenvalue weighted by atomic mass is 10.1. The molecule has 2 aliphatic heterocycles. The molecule has 0 aromatic rings. The first kappa shape index (κ1) is 15.2. The van der Waals surface area contributed by atoms with Crippen LogP contribution in [-0.2, 0) is 19.1 Å². The first-order chi connectivity index (χ1) is 9.56. The fourth-order valence-electron chi connectivity index (χ4n) is 2.69. The van der Waals surface area contributed by atoms with Gasteiger partial charge in [-0.15, -0.1) is 0 Å². The van der Waals surface area contributed by atoms with Crippen molar-refractivity contribution in [3.8, 4) is 0 Å². The fourth-order valence-corrected chi connectivity index (χ4v) is 2.69. The van der Waals surface area contributed by atoms with Crippen LogP contribution in [0.1, 0.15) is 13.3 Å². The Morgan fingerprint density at radius 3 is 2.55 bits per heavy atom. The Balaban J connectivity index is 2.14. The maximum absolute atomic E-state index is 12.7. The van der Waals surface area contributed by atoms with E-state index in [1.54, 1.807) is 23.8 Å². The molecule has 0 spiro atoms. The molecule has 2 rings (SSSR count). The second kappa shape index (κ2) is 6.51. The number of amides is 2. The van der Waals surface area contributed by atoms with Gasteiger partial charge in [-0.25, -0.2) is 0 Å². The van der Waals surface area contributed by atoms with Crippen molar-refractivity contribution in [2.45, 2.75) is 31.5 Å². The highest BCUT2D eigenvalue weighted by molar-refractivity contribution is 5.91. The number of hydrogen-bond donors (Lipinski definition) is 1. The van der Waals surface area contributed by atoms with E-state index in [1.807, 2.05) is 0 Å². The van der Waals surface area contributed by atoms with E-state index >= 15 is 0 Å². The van der Waals surface area contributed by atoms with Crippen LogP contribution < -0.4 is 5.73 Å². The van der Waals surface area contributed by atoms with E-state index < -0.39 is 12.1 Å². The average Bonchev–Trinajstić information content (AvgIpc) is 2.80. The van der Waals surface area contributed by atoms with Gasteiger partial charge in [0.05, 0.1) is 25.4 Å². The quantitative estimate of drug-likeness (QED) is 0.702. The van der Waals surface area contributed by atoms with Gasteiger partial charge in [0.25, 0.3) is 0 Å². The van der Waals surface area contributed by atoms with Gasteiger partial charge in [0.15, 0.2) is 0 Å². The molecular formula is C13H23N3O4. The smallest absolute Gasteiger partial charge is 0.248 e. The molecule has 0 aliphatic carbocycles. The summed E-state index contributed by atoms with van der Waals surface area (Å²) in [4.78, 5) is 28.1. The Labute approximate surface area is 119 Å². The van der Waals surface area contributed by atoms with E-state index in [1.165, 1.54) is 0 Å². The van der Waals surface area contributed by atoms with E-state index in [0.717, 1.165) is 0 Å². The van der Waals surface area contributed by atoms with Gasteiger partial charge in [-0.3, -0.25) is 9.59 Å². The van der Waals surface area contributed by atoms with Crippen LogP contribution in [0.25, 0.3) is 0 Å². The second-order valence-corrected chi connectivity index (χ2v) is 5.25. The molecule has 3 atom stereocenters. The molecule has 0 aromatic carbocycles. The van der Waals surface area contributed by atoms with Gasteiger partial charge in [-0.05, 0) is 13.3 Å². The lowest BCUT2D eigenvalue weighted by Gasteiger charge is -2.36. The Hall–Kier alpha value is -1.18. The maximum atomic E-state index is 12.7. The number of ether oxygens (including phenoxy) is 2. The second-order valence-electron chi connectivity index (χ2n) is 5.25. The van der Waals surface area contributed by atoms with Crippen LogP contribution in [0.5, 0.6) is 0 Å². The third-order valence-electron chi connectivity index (χ3n) is 4.01. The average molecular weight is 285 g/mol. The lowest BCUT2D eigenvalue weighted by Crippen LogP contribution is -2.57. The zero-order valence-corrected chi connectivity index (χ0v) is 12.1. The van der Waals surface area contributed by atoms with Crippen molar-refractivity contribution in [3.05, 3.63) is 0 Å². The predicted molar refractivity (Wildman–Crippen MR) is 72.0 cm³/mol. The molecule has 2 aliphatic rings. The topological polar surface area (TPSA) is 85.1 Å². The lowest BCUT2D eigenvalue weighted by molar-refractivity contribution is -0.151. The van der Waals surface area contributed by atoms with Crippen molar-refractivity contribution >= 4 is 11.8 Å². The maximum Gasteiger partial charge on any atom is 0.248 e. The summed E-state index contributed by atoms with van der Waals surface area (Å²) >= 11 is 0. The molecule has 2 saturated heterocycles. The van der Waals surface area contributed by atoms with Crippen LogP contribution in [-0.4, -0.2) is 79.8 Å². The number of carbonyl (C=O) groups excluding carboxylic acids is 2. The molecular weight excluding hydrogens is 262 g/mol. The highest BCUT2D eigenvalue weighted by Crippen LogP contribution is 2.19. The number of morpholine rings is 1. The molecule has 2 N–H and O–H groups in total. The first-order valence-electron chi connectivity index (χ1n) is 7.01. The summed E-state index contributed by atoms with van der Waals surface area (Å²) in [5, 5.41) is 0. The van der Waals surface area contributed by atoms with E-state index in [2.05, 4.69) is 0 Å². The van der Waals surface area contributed by atoms with Crippen LogP contribution in [0, 0.1) is 0 Å². The minimum absolute atomic E-state index is 0.0786. The highest BCUT2D eigenvalue weighted by Gasteiger charge is 2.42. The molecule has 114 valence electrons. The van der Waals surface area contributed by atoms with Gasteiger partial charge < -0.3 is 25.0 Å². The largest absolute Gasteiger partial charge is 0.379 e. The number of likely N-dealkylation sites (tertiary alicyclic amines) is 1. The van der Waals surface area contributed by atoms with Gasteiger partial charge in [-0.2, -0.15) is 0 Å². The normalized spacial score (nSPS) is 26.8. The molecule has 2 heterocycles.